The lowest BCUT2D eigenvalue weighted by atomic mass is 10.0. The fourth-order valence-electron chi connectivity index (χ4n) is 2.76. The van der Waals surface area contributed by atoms with Crippen LogP contribution >= 0.6 is 0 Å². The maximum absolute atomic E-state index is 11.8. The average molecular weight is 272 g/mol. The minimum Gasteiger partial charge on any atom is -0.393 e. The van der Waals surface area contributed by atoms with E-state index in [1.165, 1.54) is 4.90 Å². The largest absolute Gasteiger partial charge is 0.393 e. The third-order valence-electron chi connectivity index (χ3n) is 3.99. The number of carbonyl (C=O) groups excluding carboxylic acids is 2. The molecule has 2 bridgehead atoms. The molecule has 3 saturated heterocycles. The van der Waals surface area contributed by atoms with Gasteiger partial charge in [0.25, 0.3) is 0 Å². The molecule has 4 unspecified atom stereocenters. The highest BCUT2D eigenvalue weighted by Crippen LogP contribution is 2.41. The molecule has 3 rings (SSSR count). The molecule has 8 nitrogen and oxygen atoms in total. The molecule has 106 valence electrons. The summed E-state index contributed by atoms with van der Waals surface area (Å²) in [6.07, 6.45) is -2.46. The molecule has 0 aliphatic carbocycles. The van der Waals surface area contributed by atoms with Crippen LogP contribution in [0, 0.1) is 5.92 Å². The highest BCUT2D eigenvalue weighted by molar-refractivity contribution is 5.97. The Hall–Kier alpha value is -1.22. The topological polar surface area (TPSA) is 108 Å². The minimum absolute atomic E-state index is 0.0930. The van der Waals surface area contributed by atoms with Gasteiger partial charge in [0.2, 0.25) is 5.91 Å². The summed E-state index contributed by atoms with van der Waals surface area (Å²) in [5.41, 5.74) is -1.17. The Labute approximate surface area is 109 Å². The number of ether oxygens (including phenoxy) is 2. The van der Waals surface area contributed by atoms with Gasteiger partial charge in [-0.15, -0.1) is 0 Å². The van der Waals surface area contributed by atoms with Crippen LogP contribution in [0.1, 0.15) is 6.92 Å². The number of nitrogens with zero attached hydrogens (tertiary/aromatic N) is 1. The lowest BCUT2D eigenvalue weighted by Gasteiger charge is -2.39. The Morgan fingerprint density at radius 1 is 1.53 bits per heavy atom. The molecule has 0 aromatic carbocycles. The van der Waals surface area contributed by atoms with Gasteiger partial charge in [0.05, 0.1) is 19.1 Å². The van der Waals surface area contributed by atoms with E-state index in [-0.39, 0.29) is 31.6 Å². The van der Waals surface area contributed by atoms with Crippen molar-refractivity contribution in [3.63, 3.8) is 0 Å². The van der Waals surface area contributed by atoms with Gasteiger partial charge in [0.1, 0.15) is 17.8 Å². The van der Waals surface area contributed by atoms with Gasteiger partial charge in [0.15, 0.2) is 6.23 Å². The number of imide groups is 1. The fourth-order valence-corrected chi connectivity index (χ4v) is 2.76. The van der Waals surface area contributed by atoms with E-state index in [1.54, 1.807) is 6.92 Å². The maximum atomic E-state index is 11.8. The van der Waals surface area contributed by atoms with Crippen LogP contribution < -0.4 is 5.32 Å². The lowest BCUT2D eigenvalue weighted by Crippen LogP contribution is -2.60. The SMILES string of the molecule is CC1CN(C2O[C@@]3(CO)COC2C3O)C(=O)NC1=O. The molecule has 0 saturated carbocycles. The molecule has 19 heavy (non-hydrogen) atoms. The summed E-state index contributed by atoms with van der Waals surface area (Å²) in [7, 11) is 0. The third-order valence-corrected chi connectivity index (χ3v) is 3.99. The van der Waals surface area contributed by atoms with Crippen molar-refractivity contribution < 1.29 is 29.3 Å². The number of fused-ring (bicyclic) bond motifs is 2. The highest BCUT2D eigenvalue weighted by atomic mass is 16.7. The number of rotatable bonds is 2. The zero-order chi connectivity index (χ0) is 13.8. The summed E-state index contributed by atoms with van der Waals surface area (Å²) < 4.78 is 11.0. The minimum atomic E-state index is -1.17. The van der Waals surface area contributed by atoms with Crippen LogP contribution in [0.3, 0.4) is 0 Å². The number of aliphatic hydroxyl groups is 2. The second-order valence-electron chi connectivity index (χ2n) is 5.30. The van der Waals surface area contributed by atoms with E-state index in [1.807, 2.05) is 0 Å². The van der Waals surface area contributed by atoms with Gasteiger partial charge in [0, 0.05) is 6.54 Å². The van der Waals surface area contributed by atoms with E-state index in [0.717, 1.165) is 0 Å². The summed E-state index contributed by atoms with van der Waals surface area (Å²) >= 11 is 0. The molecule has 3 amide bonds. The van der Waals surface area contributed by atoms with Crippen LogP contribution in [-0.4, -0.2) is 70.8 Å². The van der Waals surface area contributed by atoms with Gasteiger partial charge in [-0.3, -0.25) is 15.0 Å². The monoisotopic (exact) mass is 272 g/mol. The molecule has 8 heteroatoms. The molecule has 3 aliphatic rings. The molecule has 3 fully saturated rings. The molecular formula is C11H16N2O6. The second-order valence-corrected chi connectivity index (χ2v) is 5.30. The first kappa shape index (κ1) is 12.8. The van der Waals surface area contributed by atoms with Crippen molar-refractivity contribution in [2.75, 3.05) is 19.8 Å². The number of hydrogen-bond donors (Lipinski definition) is 3. The van der Waals surface area contributed by atoms with E-state index in [0.29, 0.717) is 0 Å². The standard InChI is InChI=1S/C11H16N2O6/c1-5-2-13(10(17)12-8(5)16)9-6-7(15)11(3-14,19-9)4-18-6/h5-7,9,14-15H,2-4H2,1H3,(H,12,16,17)/t5?,6?,7?,9?,11-/m0/s1. The van der Waals surface area contributed by atoms with Gasteiger partial charge >= 0.3 is 6.03 Å². The summed E-state index contributed by atoms with van der Waals surface area (Å²) in [5.74, 6) is -0.689. The van der Waals surface area contributed by atoms with Crippen molar-refractivity contribution in [3.8, 4) is 0 Å². The Bertz CT molecular complexity index is 429. The van der Waals surface area contributed by atoms with Crippen molar-refractivity contribution in [2.24, 2.45) is 5.92 Å². The van der Waals surface area contributed by atoms with Crippen LogP contribution in [0.2, 0.25) is 0 Å². The van der Waals surface area contributed by atoms with Gasteiger partial charge in [-0.25, -0.2) is 4.79 Å². The van der Waals surface area contributed by atoms with Crippen LogP contribution in [0.15, 0.2) is 0 Å². The Morgan fingerprint density at radius 3 is 2.89 bits per heavy atom. The van der Waals surface area contributed by atoms with Gasteiger partial charge in [-0.1, -0.05) is 6.92 Å². The van der Waals surface area contributed by atoms with Crippen molar-refractivity contribution in [3.05, 3.63) is 0 Å². The lowest BCUT2D eigenvalue weighted by molar-refractivity contribution is -0.199. The van der Waals surface area contributed by atoms with E-state index in [2.05, 4.69) is 5.32 Å². The van der Waals surface area contributed by atoms with Gasteiger partial charge < -0.3 is 19.7 Å². The summed E-state index contributed by atoms with van der Waals surface area (Å²) in [5, 5.41) is 21.6. The number of amides is 3. The number of hydrogen-bond acceptors (Lipinski definition) is 6. The molecule has 0 aromatic rings. The Balaban J connectivity index is 1.81. The average Bonchev–Trinajstić information content (AvgIpc) is 2.85. The normalized spacial score (nSPS) is 45.7. The van der Waals surface area contributed by atoms with Crippen molar-refractivity contribution >= 4 is 11.9 Å². The zero-order valence-corrected chi connectivity index (χ0v) is 10.4. The van der Waals surface area contributed by atoms with Crippen LogP contribution in [0.25, 0.3) is 0 Å². The van der Waals surface area contributed by atoms with E-state index >= 15 is 0 Å². The zero-order valence-electron chi connectivity index (χ0n) is 10.4. The van der Waals surface area contributed by atoms with Crippen LogP contribution in [-0.2, 0) is 14.3 Å². The molecule has 3 N–H and O–H groups in total. The molecular weight excluding hydrogens is 256 g/mol. The highest BCUT2D eigenvalue weighted by Gasteiger charge is 2.63. The van der Waals surface area contributed by atoms with Crippen LogP contribution in [0.4, 0.5) is 4.79 Å². The molecule has 5 atom stereocenters. The smallest absolute Gasteiger partial charge is 0.326 e. The molecule has 3 aliphatic heterocycles. The predicted molar refractivity (Wildman–Crippen MR) is 59.8 cm³/mol. The van der Waals surface area contributed by atoms with Gasteiger partial charge in [-0.2, -0.15) is 0 Å². The summed E-state index contributed by atoms with van der Waals surface area (Å²) in [4.78, 5) is 24.5. The number of nitrogens with one attached hydrogen (secondary N) is 1. The Kier molecular flexibility index (Phi) is 2.79. The predicted octanol–water partition coefficient (Wildman–Crippen LogP) is -1.98. The molecule has 0 radical (unpaired) electrons. The first-order valence-electron chi connectivity index (χ1n) is 6.18. The summed E-state index contributed by atoms with van der Waals surface area (Å²) in [6, 6.07) is -0.565. The number of aliphatic hydroxyl groups excluding tert-OH is 2. The molecule has 3 heterocycles. The number of carbonyl (C=O) groups is 2. The van der Waals surface area contributed by atoms with E-state index in [4.69, 9.17) is 9.47 Å². The maximum Gasteiger partial charge on any atom is 0.326 e. The quantitative estimate of drug-likeness (QED) is 0.537. The van der Waals surface area contributed by atoms with Crippen molar-refractivity contribution in [1.82, 2.24) is 10.2 Å². The van der Waals surface area contributed by atoms with Crippen LogP contribution in [0.5, 0.6) is 0 Å². The number of urea groups is 1. The van der Waals surface area contributed by atoms with E-state index < -0.39 is 30.1 Å². The molecule has 0 spiro atoms. The van der Waals surface area contributed by atoms with Crippen molar-refractivity contribution in [2.45, 2.75) is 31.0 Å². The fraction of sp³-hybridized carbons (Fsp3) is 0.818. The first-order chi connectivity index (χ1) is 8.98. The first-order valence-corrected chi connectivity index (χ1v) is 6.18. The third kappa shape index (κ3) is 1.68. The second kappa shape index (κ2) is 4.14. The van der Waals surface area contributed by atoms with E-state index in [9.17, 15) is 19.8 Å². The van der Waals surface area contributed by atoms with Crippen molar-refractivity contribution in [1.29, 1.82) is 0 Å². The van der Waals surface area contributed by atoms with Gasteiger partial charge in [-0.05, 0) is 0 Å². The Morgan fingerprint density at radius 2 is 2.26 bits per heavy atom. The molecule has 0 aromatic heterocycles. The summed E-state index contributed by atoms with van der Waals surface area (Å²) in [6.45, 7) is 1.60.